The lowest BCUT2D eigenvalue weighted by Crippen LogP contribution is -2.49. The zero-order valence-corrected chi connectivity index (χ0v) is 17.0. The van der Waals surface area contributed by atoms with Gasteiger partial charge in [-0.1, -0.05) is 11.6 Å². The highest BCUT2D eigenvalue weighted by Crippen LogP contribution is 2.39. The van der Waals surface area contributed by atoms with Gasteiger partial charge in [0.15, 0.2) is 0 Å². The quantitative estimate of drug-likeness (QED) is 0.604. The number of nitrogens with zero attached hydrogens (tertiary/aromatic N) is 4. The molecule has 1 aromatic carbocycles. The Kier molecular flexibility index (Phi) is 4.37. The number of aromatic nitrogens is 4. The van der Waals surface area contributed by atoms with E-state index in [1.807, 2.05) is 4.90 Å². The molecule has 9 nitrogen and oxygen atoms in total. The number of benzene rings is 1. The van der Waals surface area contributed by atoms with Crippen molar-refractivity contribution in [3.05, 3.63) is 45.7 Å². The number of nitrogens with one attached hydrogen (secondary N) is 2. The first-order valence-electron chi connectivity index (χ1n) is 9.42. The Morgan fingerprint density at radius 3 is 2.45 bits per heavy atom. The number of H-pyrrole nitrogens is 2. The van der Waals surface area contributed by atoms with E-state index in [9.17, 15) is 13.2 Å². The molecular formula is C18H19ClN6O3S. The minimum atomic E-state index is -3.66. The maximum Gasteiger partial charge on any atom is 0.323 e. The minimum absolute atomic E-state index is 0.162. The van der Waals surface area contributed by atoms with Crippen LogP contribution < -0.4 is 10.6 Å². The van der Waals surface area contributed by atoms with Crippen molar-refractivity contribution in [2.24, 2.45) is 0 Å². The summed E-state index contributed by atoms with van der Waals surface area (Å²) in [5.41, 5.74) is 0.682. The molecule has 3 aromatic rings. The fourth-order valence-electron chi connectivity index (χ4n) is 3.59. The summed E-state index contributed by atoms with van der Waals surface area (Å²) in [6.07, 6.45) is 2.17. The summed E-state index contributed by atoms with van der Waals surface area (Å²) in [7, 11) is -3.66. The fourth-order valence-corrected chi connectivity index (χ4v) is 5.22. The average molecular weight is 435 g/mol. The van der Waals surface area contributed by atoms with E-state index in [-0.39, 0.29) is 10.6 Å². The number of hydrogen-bond donors (Lipinski definition) is 2. The van der Waals surface area contributed by atoms with Gasteiger partial charge in [0.2, 0.25) is 10.0 Å². The predicted octanol–water partition coefficient (Wildman–Crippen LogP) is 1.69. The van der Waals surface area contributed by atoms with Crippen LogP contribution in [0.3, 0.4) is 0 Å². The number of sulfonamides is 1. The molecule has 2 N–H and O–H groups in total. The van der Waals surface area contributed by atoms with Gasteiger partial charge in [0.25, 0.3) is 0 Å². The zero-order valence-electron chi connectivity index (χ0n) is 15.4. The number of aromatic amines is 2. The Labute approximate surface area is 171 Å². The minimum Gasteiger partial charge on any atom is -0.354 e. The van der Waals surface area contributed by atoms with E-state index in [0.717, 1.165) is 24.5 Å². The van der Waals surface area contributed by atoms with Gasteiger partial charge < -0.3 is 14.9 Å². The Hall–Kier alpha value is -2.43. The second-order valence-corrected chi connectivity index (χ2v) is 9.68. The maximum absolute atomic E-state index is 13.0. The lowest BCUT2D eigenvalue weighted by Gasteiger charge is -2.34. The standard InChI is InChI=1S/C18H19ClN6O3S/c19-15-10-16(23-17(22-15)11-1-2-11)24-5-7-25(8-6-24)29(27,28)12-3-4-13-14(9-12)21-18(26)20-13/h3-4,9-11H,1-2,5-8H2,(H2,20,21,26). The average Bonchev–Trinajstić information content (AvgIpc) is 3.48. The number of hydrogen-bond acceptors (Lipinski definition) is 6. The van der Waals surface area contributed by atoms with Crippen LogP contribution in [0.4, 0.5) is 5.82 Å². The summed E-state index contributed by atoms with van der Waals surface area (Å²) in [6, 6.07) is 6.33. The third kappa shape index (κ3) is 3.52. The highest BCUT2D eigenvalue weighted by molar-refractivity contribution is 7.89. The number of fused-ring (bicyclic) bond motifs is 1. The number of piperazine rings is 1. The molecule has 5 rings (SSSR count). The van der Waals surface area contributed by atoms with Crippen LogP contribution in [-0.2, 0) is 10.0 Å². The largest absolute Gasteiger partial charge is 0.354 e. The number of halogens is 1. The van der Waals surface area contributed by atoms with Gasteiger partial charge in [0.05, 0.1) is 15.9 Å². The van der Waals surface area contributed by atoms with E-state index in [1.165, 1.54) is 16.4 Å². The first kappa shape index (κ1) is 18.6. The monoisotopic (exact) mass is 434 g/mol. The lowest BCUT2D eigenvalue weighted by atomic mass is 10.3. The van der Waals surface area contributed by atoms with Crippen molar-refractivity contribution in [1.82, 2.24) is 24.2 Å². The highest BCUT2D eigenvalue weighted by Gasteiger charge is 2.31. The van der Waals surface area contributed by atoms with E-state index < -0.39 is 10.0 Å². The van der Waals surface area contributed by atoms with Gasteiger partial charge in [-0.05, 0) is 31.0 Å². The Balaban J connectivity index is 1.34. The topological polar surface area (TPSA) is 115 Å². The highest BCUT2D eigenvalue weighted by atomic mass is 35.5. The molecule has 0 unspecified atom stereocenters. The van der Waals surface area contributed by atoms with Crippen LogP contribution in [0.25, 0.3) is 11.0 Å². The SMILES string of the molecule is O=c1[nH]c2ccc(S(=O)(=O)N3CCN(c4cc(Cl)nc(C5CC5)n4)CC3)cc2[nH]1. The normalized spacial score (nSPS) is 18.4. The van der Waals surface area contributed by atoms with Crippen LogP contribution in [0.1, 0.15) is 24.6 Å². The van der Waals surface area contributed by atoms with E-state index in [4.69, 9.17) is 11.6 Å². The van der Waals surface area contributed by atoms with Crippen LogP contribution in [0.15, 0.2) is 34.0 Å². The molecule has 11 heteroatoms. The van der Waals surface area contributed by atoms with Crippen LogP contribution in [0.2, 0.25) is 5.15 Å². The van der Waals surface area contributed by atoms with Gasteiger partial charge in [-0.15, -0.1) is 0 Å². The molecule has 1 saturated carbocycles. The molecule has 0 amide bonds. The van der Waals surface area contributed by atoms with Crippen molar-refractivity contribution in [2.75, 3.05) is 31.1 Å². The molecule has 1 aliphatic heterocycles. The molecule has 2 fully saturated rings. The Bertz CT molecular complexity index is 1240. The number of rotatable bonds is 4. The van der Waals surface area contributed by atoms with Crippen LogP contribution in [-0.4, -0.2) is 58.8 Å². The second kappa shape index (κ2) is 6.82. The Morgan fingerprint density at radius 1 is 1.00 bits per heavy atom. The maximum atomic E-state index is 13.0. The van der Waals surface area contributed by atoms with Gasteiger partial charge in [0, 0.05) is 38.2 Å². The molecule has 0 atom stereocenters. The van der Waals surface area contributed by atoms with E-state index >= 15 is 0 Å². The molecule has 2 aliphatic rings. The Morgan fingerprint density at radius 2 is 1.72 bits per heavy atom. The molecule has 0 radical (unpaired) electrons. The summed E-state index contributed by atoms with van der Waals surface area (Å²) in [6.45, 7) is 1.70. The van der Waals surface area contributed by atoms with Gasteiger partial charge >= 0.3 is 5.69 Å². The molecule has 1 aliphatic carbocycles. The lowest BCUT2D eigenvalue weighted by molar-refractivity contribution is 0.383. The van der Waals surface area contributed by atoms with Crippen molar-refractivity contribution >= 4 is 38.5 Å². The van der Waals surface area contributed by atoms with Gasteiger partial charge in [-0.2, -0.15) is 4.31 Å². The molecular weight excluding hydrogens is 416 g/mol. The van der Waals surface area contributed by atoms with Gasteiger partial charge in [0.1, 0.15) is 16.8 Å². The molecule has 152 valence electrons. The third-order valence-corrected chi connectivity index (χ3v) is 7.42. The smallest absolute Gasteiger partial charge is 0.323 e. The molecule has 2 aromatic heterocycles. The second-order valence-electron chi connectivity index (χ2n) is 7.36. The molecule has 1 saturated heterocycles. The molecule has 0 bridgehead atoms. The van der Waals surface area contributed by atoms with Crippen LogP contribution >= 0.6 is 11.6 Å². The molecule has 0 spiro atoms. The first-order valence-corrected chi connectivity index (χ1v) is 11.2. The van der Waals surface area contributed by atoms with Crippen molar-refractivity contribution in [2.45, 2.75) is 23.7 Å². The fraction of sp³-hybridized carbons (Fsp3) is 0.389. The molecule has 3 heterocycles. The van der Waals surface area contributed by atoms with Crippen molar-refractivity contribution in [3.8, 4) is 0 Å². The number of anilines is 1. The predicted molar refractivity (Wildman–Crippen MR) is 109 cm³/mol. The van der Waals surface area contributed by atoms with E-state index in [1.54, 1.807) is 12.1 Å². The summed E-state index contributed by atoms with van der Waals surface area (Å²) < 4.78 is 27.5. The van der Waals surface area contributed by atoms with Crippen molar-refractivity contribution in [1.29, 1.82) is 0 Å². The van der Waals surface area contributed by atoms with Crippen molar-refractivity contribution < 1.29 is 8.42 Å². The van der Waals surface area contributed by atoms with E-state index in [2.05, 4.69) is 19.9 Å². The van der Waals surface area contributed by atoms with Gasteiger partial charge in [-0.3, -0.25) is 0 Å². The first-order chi connectivity index (χ1) is 13.9. The summed E-state index contributed by atoms with van der Waals surface area (Å²) in [5, 5.41) is 0.417. The van der Waals surface area contributed by atoms with Crippen LogP contribution in [0.5, 0.6) is 0 Å². The summed E-state index contributed by atoms with van der Waals surface area (Å²) in [5.74, 6) is 1.91. The van der Waals surface area contributed by atoms with Crippen molar-refractivity contribution in [3.63, 3.8) is 0 Å². The zero-order chi connectivity index (χ0) is 20.2. The summed E-state index contributed by atoms with van der Waals surface area (Å²) >= 11 is 6.16. The van der Waals surface area contributed by atoms with Gasteiger partial charge in [-0.25, -0.2) is 23.2 Å². The number of imidazole rings is 1. The van der Waals surface area contributed by atoms with Crippen LogP contribution in [0, 0.1) is 0 Å². The third-order valence-electron chi connectivity index (χ3n) is 5.33. The van der Waals surface area contributed by atoms with E-state index in [0.29, 0.717) is 48.3 Å². The molecule has 29 heavy (non-hydrogen) atoms. The summed E-state index contributed by atoms with van der Waals surface area (Å²) in [4.78, 5) is 27.8.